The first-order valence-electron chi connectivity index (χ1n) is 5.36. The Bertz CT molecular complexity index is 139. The van der Waals surface area contributed by atoms with Gasteiger partial charge in [0, 0.05) is 12.6 Å². The number of hydrogen-bond acceptors (Lipinski definition) is 3. The summed E-state index contributed by atoms with van der Waals surface area (Å²) in [5.74, 6) is 0. The molecule has 0 spiro atoms. The predicted molar refractivity (Wildman–Crippen MR) is 54.6 cm³/mol. The Kier molecular flexibility index (Phi) is 4.70. The predicted octanol–water partition coefficient (Wildman–Crippen LogP) is 0.571. The maximum Gasteiger partial charge on any atom is 0.0639 e. The summed E-state index contributed by atoms with van der Waals surface area (Å²) < 4.78 is 0. The minimum Gasteiger partial charge on any atom is -0.392 e. The zero-order chi connectivity index (χ0) is 9.68. The third-order valence-electron chi connectivity index (χ3n) is 2.74. The minimum absolute atomic E-state index is 0.196. The molecule has 1 fully saturated rings. The first-order valence-corrected chi connectivity index (χ1v) is 5.36. The number of nitrogens with two attached hydrogens (primary N) is 1. The highest BCUT2D eigenvalue weighted by Gasteiger charge is 2.24. The van der Waals surface area contributed by atoms with Crippen LogP contribution in [0.2, 0.25) is 0 Å². The van der Waals surface area contributed by atoms with Crippen molar-refractivity contribution in [1.82, 2.24) is 4.90 Å². The van der Waals surface area contributed by atoms with E-state index in [1.807, 2.05) is 6.92 Å². The van der Waals surface area contributed by atoms with E-state index in [9.17, 15) is 5.11 Å². The normalized spacial score (nSPS) is 26.5. The fourth-order valence-electron chi connectivity index (χ4n) is 2.16. The highest BCUT2D eigenvalue weighted by atomic mass is 16.3. The Morgan fingerprint density at radius 1 is 1.62 bits per heavy atom. The van der Waals surface area contributed by atoms with E-state index in [1.54, 1.807) is 0 Å². The first kappa shape index (κ1) is 11.0. The number of hydrogen-bond donors (Lipinski definition) is 2. The van der Waals surface area contributed by atoms with Crippen molar-refractivity contribution >= 4 is 0 Å². The second kappa shape index (κ2) is 5.58. The largest absolute Gasteiger partial charge is 0.392 e. The maximum absolute atomic E-state index is 9.29. The molecular formula is C10H22N2O. The Morgan fingerprint density at radius 3 is 3.00 bits per heavy atom. The number of aliphatic hydroxyl groups is 1. The third kappa shape index (κ3) is 3.63. The molecule has 0 radical (unpaired) electrons. The van der Waals surface area contributed by atoms with Gasteiger partial charge in [0.1, 0.15) is 0 Å². The van der Waals surface area contributed by atoms with Gasteiger partial charge in [0.2, 0.25) is 0 Å². The monoisotopic (exact) mass is 186 g/mol. The first-order chi connectivity index (χ1) is 6.24. The Hall–Kier alpha value is -0.120. The summed E-state index contributed by atoms with van der Waals surface area (Å²) >= 11 is 0. The van der Waals surface area contributed by atoms with Gasteiger partial charge in [-0.1, -0.05) is 0 Å². The molecule has 0 bridgehead atoms. The highest BCUT2D eigenvalue weighted by Crippen LogP contribution is 2.20. The van der Waals surface area contributed by atoms with Crippen molar-refractivity contribution in [2.45, 2.75) is 44.8 Å². The van der Waals surface area contributed by atoms with E-state index in [0.29, 0.717) is 6.04 Å². The van der Waals surface area contributed by atoms with Crippen molar-refractivity contribution in [3.63, 3.8) is 0 Å². The molecule has 1 aliphatic heterocycles. The van der Waals surface area contributed by atoms with Gasteiger partial charge < -0.3 is 10.8 Å². The maximum atomic E-state index is 9.29. The SMILES string of the molecule is CC(O)CN1CCCC1CCCN. The molecule has 1 heterocycles. The van der Waals surface area contributed by atoms with E-state index in [1.165, 1.54) is 19.3 Å². The summed E-state index contributed by atoms with van der Waals surface area (Å²) in [6.07, 6.45) is 4.68. The number of nitrogens with zero attached hydrogens (tertiary/aromatic N) is 1. The fraction of sp³-hybridized carbons (Fsp3) is 1.00. The number of aliphatic hydroxyl groups excluding tert-OH is 1. The van der Waals surface area contributed by atoms with Gasteiger partial charge in [-0.15, -0.1) is 0 Å². The van der Waals surface area contributed by atoms with Crippen LogP contribution in [0.1, 0.15) is 32.6 Å². The summed E-state index contributed by atoms with van der Waals surface area (Å²) in [4.78, 5) is 2.40. The van der Waals surface area contributed by atoms with E-state index in [0.717, 1.165) is 26.1 Å². The summed E-state index contributed by atoms with van der Waals surface area (Å²) in [7, 11) is 0. The van der Waals surface area contributed by atoms with Gasteiger partial charge in [0.25, 0.3) is 0 Å². The molecule has 3 nitrogen and oxygen atoms in total. The molecule has 0 aromatic heterocycles. The van der Waals surface area contributed by atoms with E-state index in [-0.39, 0.29) is 6.10 Å². The van der Waals surface area contributed by atoms with Crippen molar-refractivity contribution in [2.75, 3.05) is 19.6 Å². The van der Waals surface area contributed by atoms with Crippen LogP contribution in [0, 0.1) is 0 Å². The van der Waals surface area contributed by atoms with Gasteiger partial charge in [-0.05, 0) is 45.7 Å². The second-order valence-electron chi connectivity index (χ2n) is 4.07. The van der Waals surface area contributed by atoms with E-state index < -0.39 is 0 Å². The van der Waals surface area contributed by atoms with Crippen LogP contribution in [-0.4, -0.2) is 41.8 Å². The Labute approximate surface area is 80.9 Å². The van der Waals surface area contributed by atoms with Gasteiger partial charge in [0.05, 0.1) is 6.10 Å². The molecular weight excluding hydrogens is 164 g/mol. The summed E-state index contributed by atoms with van der Waals surface area (Å²) in [6, 6.07) is 0.679. The van der Waals surface area contributed by atoms with Gasteiger partial charge in [-0.2, -0.15) is 0 Å². The van der Waals surface area contributed by atoms with Crippen LogP contribution in [-0.2, 0) is 0 Å². The highest BCUT2D eigenvalue weighted by molar-refractivity contribution is 4.80. The van der Waals surface area contributed by atoms with Crippen molar-refractivity contribution in [1.29, 1.82) is 0 Å². The molecule has 3 N–H and O–H groups in total. The molecule has 0 amide bonds. The molecule has 3 heteroatoms. The van der Waals surface area contributed by atoms with Gasteiger partial charge >= 0.3 is 0 Å². The summed E-state index contributed by atoms with van der Waals surface area (Å²) in [5, 5.41) is 9.29. The zero-order valence-electron chi connectivity index (χ0n) is 8.58. The molecule has 0 aromatic carbocycles. The van der Waals surface area contributed by atoms with Gasteiger partial charge in [-0.25, -0.2) is 0 Å². The van der Waals surface area contributed by atoms with Crippen LogP contribution >= 0.6 is 0 Å². The van der Waals surface area contributed by atoms with Crippen LogP contribution < -0.4 is 5.73 Å². The lowest BCUT2D eigenvalue weighted by molar-refractivity contribution is 0.116. The van der Waals surface area contributed by atoms with Crippen molar-refractivity contribution in [3.8, 4) is 0 Å². The molecule has 1 rings (SSSR count). The van der Waals surface area contributed by atoms with Crippen LogP contribution in [0.15, 0.2) is 0 Å². The van der Waals surface area contributed by atoms with Crippen molar-refractivity contribution in [3.05, 3.63) is 0 Å². The average molecular weight is 186 g/mol. The minimum atomic E-state index is -0.196. The van der Waals surface area contributed by atoms with E-state index >= 15 is 0 Å². The molecule has 2 atom stereocenters. The van der Waals surface area contributed by atoms with E-state index in [2.05, 4.69) is 4.90 Å². The summed E-state index contributed by atoms with van der Waals surface area (Å²) in [6.45, 7) is 4.63. The van der Waals surface area contributed by atoms with Crippen molar-refractivity contribution < 1.29 is 5.11 Å². The molecule has 0 saturated carbocycles. The molecule has 78 valence electrons. The average Bonchev–Trinajstić information content (AvgIpc) is 2.48. The van der Waals surface area contributed by atoms with Crippen LogP contribution in [0.25, 0.3) is 0 Å². The third-order valence-corrected chi connectivity index (χ3v) is 2.74. The Morgan fingerprint density at radius 2 is 2.38 bits per heavy atom. The quantitative estimate of drug-likeness (QED) is 0.660. The summed E-state index contributed by atoms with van der Waals surface area (Å²) in [5.41, 5.74) is 5.49. The lowest BCUT2D eigenvalue weighted by Gasteiger charge is -2.25. The lowest BCUT2D eigenvalue weighted by Crippen LogP contribution is -2.35. The zero-order valence-corrected chi connectivity index (χ0v) is 8.58. The lowest BCUT2D eigenvalue weighted by atomic mass is 10.1. The van der Waals surface area contributed by atoms with Gasteiger partial charge in [0.15, 0.2) is 0 Å². The molecule has 13 heavy (non-hydrogen) atoms. The Balaban J connectivity index is 2.26. The van der Waals surface area contributed by atoms with Crippen molar-refractivity contribution in [2.24, 2.45) is 5.73 Å². The molecule has 0 aromatic rings. The molecule has 1 aliphatic rings. The topological polar surface area (TPSA) is 49.5 Å². The number of likely N-dealkylation sites (tertiary alicyclic amines) is 1. The van der Waals surface area contributed by atoms with Crippen LogP contribution in [0.5, 0.6) is 0 Å². The molecule has 0 aliphatic carbocycles. The second-order valence-corrected chi connectivity index (χ2v) is 4.07. The van der Waals surface area contributed by atoms with Crippen LogP contribution in [0.4, 0.5) is 0 Å². The number of rotatable bonds is 5. The van der Waals surface area contributed by atoms with E-state index in [4.69, 9.17) is 5.73 Å². The standard InChI is InChI=1S/C10H22N2O/c1-9(13)8-12-7-3-5-10(12)4-2-6-11/h9-10,13H,2-8,11H2,1H3. The smallest absolute Gasteiger partial charge is 0.0639 e. The molecule has 1 saturated heterocycles. The van der Waals surface area contributed by atoms with Gasteiger partial charge in [-0.3, -0.25) is 4.90 Å². The molecule has 2 unspecified atom stereocenters. The fourth-order valence-corrected chi connectivity index (χ4v) is 2.16. The number of β-amino-alcohol motifs (C(OH)–C–C–N with tert-alkyl or cyclic N) is 1. The van der Waals surface area contributed by atoms with Crippen LogP contribution in [0.3, 0.4) is 0 Å².